The molecule has 0 fully saturated rings. The van der Waals surface area contributed by atoms with Gasteiger partial charge >= 0.3 is 5.97 Å². The zero-order valence-corrected chi connectivity index (χ0v) is 12.0. The first-order valence-electron chi connectivity index (χ1n) is 6.15. The van der Waals surface area contributed by atoms with Gasteiger partial charge in [0.25, 0.3) is 0 Å². The van der Waals surface area contributed by atoms with Crippen LogP contribution in [0.4, 0.5) is 5.69 Å². The van der Waals surface area contributed by atoms with E-state index in [0.717, 1.165) is 16.8 Å². The van der Waals surface area contributed by atoms with Crippen molar-refractivity contribution in [2.45, 2.75) is 26.7 Å². The summed E-state index contributed by atoms with van der Waals surface area (Å²) in [4.78, 5) is 22.0. The molecule has 0 aliphatic carbocycles. The van der Waals surface area contributed by atoms with Crippen molar-refractivity contribution < 1.29 is 14.7 Å². The molecule has 0 heterocycles. The first-order chi connectivity index (χ1) is 8.97. The van der Waals surface area contributed by atoms with Gasteiger partial charge in [-0.3, -0.25) is 9.59 Å². The topological polar surface area (TPSA) is 66.4 Å². The zero-order valence-electron chi connectivity index (χ0n) is 11.2. The monoisotopic (exact) mass is 281 g/mol. The number of amides is 1. The van der Waals surface area contributed by atoms with Gasteiger partial charge in [0.15, 0.2) is 0 Å². The number of benzene rings is 1. The lowest BCUT2D eigenvalue weighted by Crippen LogP contribution is -2.14. The normalized spacial score (nSPS) is 10.2. The molecule has 1 aromatic carbocycles. The van der Waals surface area contributed by atoms with Crippen molar-refractivity contribution in [3.8, 4) is 0 Å². The van der Waals surface area contributed by atoms with Crippen LogP contribution in [0.15, 0.2) is 18.2 Å². The van der Waals surface area contributed by atoms with Gasteiger partial charge in [-0.05, 0) is 49.3 Å². The molecule has 0 aromatic heterocycles. The summed E-state index contributed by atoms with van der Waals surface area (Å²) in [6, 6.07) is 5.91. The Morgan fingerprint density at radius 1 is 1.21 bits per heavy atom. The first-order valence-corrected chi connectivity index (χ1v) is 7.30. The molecule has 5 heteroatoms. The molecule has 0 atom stereocenters. The summed E-state index contributed by atoms with van der Waals surface area (Å²) in [5.41, 5.74) is 3.04. The molecule has 19 heavy (non-hydrogen) atoms. The number of aryl methyl sites for hydroxylation is 2. The van der Waals surface area contributed by atoms with E-state index in [1.54, 1.807) is 0 Å². The number of hydrogen-bond donors (Lipinski definition) is 2. The molecule has 0 aliphatic heterocycles. The number of aliphatic carboxylic acids is 1. The number of carboxylic acid groups (broad SMARTS) is 1. The largest absolute Gasteiger partial charge is 0.481 e. The van der Waals surface area contributed by atoms with Gasteiger partial charge in [0.1, 0.15) is 0 Å². The van der Waals surface area contributed by atoms with Crippen LogP contribution in [0.1, 0.15) is 24.0 Å². The van der Waals surface area contributed by atoms with E-state index in [4.69, 9.17) is 5.11 Å². The molecule has 1 rings (SSSR count). The van der Waals surface area contributed by atoms with Crippen LogP contribution in [-0.2, 0) is 9.59 Å². The van der Waals surface area contributed by atoms with Crippen LogP contribution >= 0.6 is 11.8 Å². The van der Waals surface area contributed by atoms with E-state index in [-0.39, 0.29) is 12.3 Å². The summed E-state index contributed by atoms with van der Waals surface area (Å²) >= 11 is 1.46. The molecule has 0 bridgehead atoms. The highest BCUT2D eigenvalue weighted by molar-refractivity contribution is 7.99. The van der Waals surface area contributed by atoms with Crippen molar-refractivity contribution in [3.63, 3.8) is 0 Å². The zero-order chi connectivity index (χ0) is 14.3. The average molecular weight is 281 g/mol. The fourth-order valence-electron chi connectivity index (χ4n) is 1.73. The van der Waals surface area contributed by atoms with Crippen molar-refractivity contribution in [2.75, 3.05) is 16.8 Å². The van der Waals surface area contributed by atoms with E-state index in [1.165, 1.54) is 11.8 Å². The number of anilines is 1. The lowest BCUT2D eigenvalue weighted by Gasteiger charge is -2.07. The third kappa shape index (κ3) is 6.86. The third-order valence-corrected chi connectivity index (χ3v) is 3.46. The molecular formula is C14H19NO3S. The molecule has 0 unspecified atom stereocenters. The van der Waals surface area contributed by atoms with Gasteiger partial charge in [-0.15, -0.1) is 0 Å². The highest BCUT2D eigenvalue weighted by Gasteiger charge is 2.04. The van der Waals surface area contributed by atoms with E-state index in [2.05, 4.69) is 11.4 Å². The maximum absolute atomic E-state index is 11.7. The Kier molecular flexibility index (Phi) is 6.42. The number of carbonyl (C=O) groups excluding carboxylic acids is 1. The average Bonchev–Trinajstić information content (AvgIpc) is 2.26. The van der Waals surface area contributed by atoms with Crippen LogP contribution in [0.2, 0.25) is 0 Å². The quantitative estimate of drug-likeness (QED) is 0.754. The van der Waals surface area contributed by atoms with Gasteiger partial charge in [0.2, 0.25) is 5.91 Å². The van der Waals surface area contributed by atoms with Gasteiger partial charge in [-0.2, -0.15) is 11.8 Å². The predicted octanol–water partition coefficient (Wildman–Crippen LogP) is 2.84. The maximum Gasteiger partial charge on any atom is 0.303 e. The Labute approximate surface area is 117 Å². The highest BCUT2D eigenvalue weighted by Crippen LogP contribution is 2.14. The molecule has 0 radical (unpaired) electrons. The Morgan fingerprint density at radius 2 is 1.84 bits per heavy atom. The molecule has 104 valence electrons. The molecular weight excluding hydrogens is 262 g/mol. The fraction of sp³-hybridized carbons (Fsp3) is 0.429. The van der Waals surface area contributed by atoms with Crippen LogP contribution in [0.25, 0.3) is 0 Å². The SMILES string of the molecule is Cc1cc(C)cc(NC(=O)CSCCCC(=O)O)c1. The number of rotatable bonds is 7. The standard InChI is InChI=1S/C14H19NO3S/c1-10-6-11(2)8-12(7-10)15-13(16)9-19-5-3-4-14(17)18/h6-8H,3-5,9H2,1-2H3,(H,15,16)(H,17,18). The maximum atomic E-state index is 11.7. The second kappa shape index (κ2) is 7.84. The van der Waals surface area contributed by atoms with E-state index in [0.29, 0.717) is 17.9 Å². The van der Waals surface area contributed by atoms with Crippen molar-refractivity contribution in [3.05, 3.63) is 29.3 Å². The fourth-order valence-corrected chi connectivity index (χ4v) is 2.48. The van der Waals surface area contributed by atoms with E-state index in [9.17, 15) is 9.59 Å². The molecule has 0 aliphatic rings. The molecule has 0 saturated carbocycles. The Morgan fingerprint density at radius 3 is 2.42 bits per heavy atom. The van der Waals surface area contributed by atoms with E-state index < -0.39 is 5.97 Å². The number of nitrogens with one attached hydrogen (secondary N) is 1. The summed E-state index contributed by atoms with van der Waals surface area (Å²) in [7, 11) is 0. The molecule has 0 spiro atoms. The minimum absolute atomic E-state index is 0.0506. The summed E-state index contributed by atoms with van der Waals surface area (Å²) in [5.74, 6) is 0.199. The minimum Gasteiger partial charge on any atom is -0.481 e. The lowest BCUT2D eigenvalue weighted by molar-refractivity contribution is -0.137. The van der Waals surface area contributed by atoms with Crippen LogP contribution in [0, 0.1) is 13.8 Å². The number of carboxylic acids is 1. The summed E-state index contributed by atoms with van der Waals surface area (Å²) in [6.07, 6.45) is 0.753. The van der Waals surface area contributed by atoms with Crippen molar-refractivity contribution in [1.82, 2.24) is 0 Å². The summed E-state index contributed by atoms with van der Waals surface area (Å²) in [6.45, 7) is 3.98. The van der Waals surface area contributed by atoms with E-state index >= 15 is 0 Å². The number of hydrogen-bond acceptors (Lipinski definition) is 3. The van der Waals surface area contributed by atoms with Crippen LogP contribution in [0.5, 0.6) is 0 Å². The smallest absolute Gasteiger partial charge is 0.303 e. The molecule has 1 aromatic rings. The number of carbonyl (C=O) groups is 2. The van der Waals surface area contributed by atoms with Crippen molar-refractivity contribution >= 4 is 29.3 Å². The molecule has 0 saturated heterocycles. The Hall–Kier alpha value is -1.49. The predicted molar refractivity (Wildman–Crippen MR) is 78.7 cm³/mol. The Bertz CT molecular complexity index is 440. The Balaban J connectivity index is 2.29. The van der Waals surface area contributed by atoms with Gasteiger partial charge in [0, 0.05) is 12.1 Å². The third-order valence-electron chi connectivity index (χ3n) is 2.42. The second-order valence-electron chi connectivity index (χ2n) is 4.47. The molecule has 4 nitrogen and oxygen atoms in total. The van der Waals surface area contributed by atoms with Gasteiger partial charge in [-0.25, -0.2) is 0 Å². The lowest BCUT2D eigenvalue weighted by atomic mass is 10.1. The molecule has 1 amide bonds. The minimum atomic E-state index is -0.791. The highest BCUT2D eigenvalue weighted by atomic mass is 32.2. The van der Waals surface area contributed by atoms with Gasteiger partial charge in [0.05, 0.1) is 5.75 Å². The van der Waals surface area contributed by atoms with Crippen molar-refractivity contribution in [1.29, 1.82) is 0 Å². The van der Waals surface area contributed by atoms with Crippen molar-refractivity contribution in [2.24, 2.45) is 0 Å². The second-order valence-corrected chi connectivity index (χ2v) is 5.58. The van der Waals surface area contributed by atoms with Crippen LogP contribution < -0.4 is 5.32 Å². The summed E-state index contributed by atoms with van der Waals surface area (Å²) in [5, 5.41) is 11.3. The van der Waals surface area contributed by atoms with E-state index in [1.807, 2.05) is 26.0 Å². The number of thioether (sulfide) groups is 1. The van der Waals surface area contributed by atoms with Gasteiger partial charge < -0.3 is 10.4 Å². The summed E-state index contributed by atoms with van der Waals surface area (Å²) < 4.78 is 0. The van der Waals surface area contributed by atoms with Gasteiger partial charge in [-0.1, -0.05) is 6.07 Å². The molecule has 2 N–H and O–H groups in total. The van der Waals surface area contributed by atoms with Crippen LogP contribution in [0.3, 0.4) is 0 Å². The van der Waals surface area contributed by atoms with Crippen LogP contribution in [-0.4, -0.2) is 28.5 Å². The first kappa shape index (κ1) is 15.6.